The molecule has 1 heterocycles. The summed E-state index contributed by atoms with van der Waals surface area (Å²) in [5.41, 5.74) is -1.35. The molecule has 190 valence electrons. The molecule has 1 N–H and O–H groups in total. The van der Waals surface area contributed by atoms with Crippen LogP contribution in [0.4, 0.5) is 36.6 Å². The lowest BCUT2D eigenvalue weighted by molar-refractivity contribution is -0.219. The fourth-order valence-electron chi connectivity index (χ4n) is 3.24. The lowest BCUT2D eigenvalue weighted by Crippen LogP contribution is -2.36. The van der Waals surface area contributed by atoms with Crippen molar-refractivity contribution >= 4 is 16.7 Å². The molecule has 0 fully saturated rings. The summed E-state index contributed by atoms with van der Waals surface area (Å²) in [6, 6.07) is 5.63. The van der Waals surface area contributed by atoms with Crippen LogP contribution in [0.15, 0.2) is 30.3 Å². The zero-order valence-corrected chi connectivity index (χ0v) is 18.6. The third-order valence-corrected chi connectivity index (χ3v) is 4.96. The van der Waals surface area contributed by atoms with E-state index in [2.05, 4.69) is 20.0 Å². The molecule has 0 spiro atoms. The summed E-state index contributed by atoms with van der Waals surface area (Å²) in [7, 11) is 2.18. The molecular weight excluding hydrogens is 487 g/mol. The van der Waals surface area contributed by atoms with Gasteiger partial charge >= 0.3 is 12.4 Å². The second-order valence-electron chi connectivity index (χ2n) is 7.35. The Morgan fingerprint density at radius 1 is 1.00 bits per heavy atom. The molecule has 1 unspecified atom stereocenters. The zero-order chi connectivity index (χ0) is 26.0. The summed E-state index contributed by atoms with van der Waals surface area (Å²) in [6.07, 6.45) is -11.7. The fourth-order valence-corrected chi connectivity index (χ4v) is 3.24. The molecule has 0 radical (unpaired) electrons. The summed E-state index contributed by atoms with van der Waals surface area (Å²) in [5, 5.41) is 3.03. The van der Waals surface area contributed by atoms with Crippen LogP contribution in [0.1, 0.15) is 17.0 Å². The average molecular weight is 507 g/mol. The van der Waals surface area contributed by atoms with Crippen LogP contribution in [0.2, 0.25) is 0 Å². The van der Waals surface area contributed by atoms with E-state index >= 15 is 0 Å². The minimum Gasteiger partial charge on any atom is -0.493 e. The molecule has 0 saturated heterocycles. The number of methoxy groups -OCH3 is 2. The topological polar surface area (TPSA) is 65.5 Å². The normalized spacial score (nSPS) is 13.1. The molecule has 0 aliphatic carbocycles. The first-order chi connectivity index (χ1) is 16.3. The standard InChI is InChI=1S/C22H20F7N3O3/c1-11-31-15-8-16(33-2)17(35-10-18(34-3)22(27,28)29)7-13(15)20(32-11)30-9-12-5-4-6-14(19(12)23)21(24,25)26/h4-8,18H,9-10H2,1-3H3,(H,30,31,32). The first-order valence-corrected chi connectivity index (χ1v) is 10.0. The van der Waals surface area contributed by atoms with Crippen LogP contribution in [-0.4, -0.2) is 43.1 Å². The second-order valence-corrected chi connectivity index (χ2v) is 7.35. The van der Waals surface area contributed by atoms with Crippen LogP contribution in [0.5, 0.6) is 11.5 Å². The Kier molecular flexibility index (Phi) is 7.58. The third-order valence-electron chi connectivity index (χ3n) is 4.96. The van der Waals surface area contributed by atoms with E-state index in [1.54, 1.807) is 6.92 Å². The highest BCUT2D eigenvalue weighted by molar-refractivity contribution is 5.91. The smallest absolute Gasteiger partial charge is 0.419 e. The van der Waals surface area contributed by atoms with Crippen LogP contribution in [0.25, 0.3) is 10.9 Å². The first kappa shape index (κ1) is 26.3. The minimum atomic E-state index is -4.86. The highest BCUT2D eigenvalue weighted by atomic mass is 19.4. The number of hydrogen-bond donors (Lipinski definition) is 1. The number of rotatable bonds is 8. The van der Waals surface area contributed by atoms with E-state index in [-0.39, 0.29) is 40.6 Å². The predicted molar refractivity (Wildman–Crippen MR) is 112 cm³/mol. The lowest BCUT2D eigenvalue weighted by atomic mass is 10.1. The molecule has 35 heavy (non-hydrogen) atoms. The fraction of sp³-hybridized carbons (Fsp3) is 0.364. The summed E-state index contributed by atoms with van der Waals surface area (Å²) in [6.45, 7) is 0.328. The summed E-state index contributed by atoms with van der Waals surface area (Å²) >= 11 is 0. The van der Waals surface area contributed by atoms with Crippen molar-refractivity contribution in [1.29, 1.82) is 0 Å². The van der Waals surface area contributed by atoms with E-state index < -0.39 is 36.4 Å². The van der Waals surface area contributed by atoms with Gasteiger partial charge in [-0.2, -0.15) is 26.3 Å². The van der Waals surface area contributed by atoms with Crippen LogP contribution in [0, 0.1) is 12.7 Å². The van der Waals surface area contributed by atoms with Crippen LogP contribution >= 0.6 is 0 Å². The molecule has 1 atom stereocenters. The van der Waals surface area contributed by atoms with Gasteiger partial charge in [-0.15, -0.1) is 0 Å². The van der Waals surface area contributed by atoms with Gasteiger partial charge in [0, 0.05) is 30.7 Å². The maximum atomic E-state index is 14.4. The van der Waals surface area contributed by atoms with Gasteiger partial charge in [-0.05, 0) is 19.1 Å². The molecule has 0 saturated carbocycles. The Morgan fingerprint density at radius 2 is 1.71 bits per heavy atom. The molecule has 2 aromatic carbocycles. The number of aromatic nitrogens is 2. The molecule has 13 heteroatoms. The van der Waals surface area contributed by atoms with Crippen molar-refractivity contribution in [3.63, 3.8) is 0 Å². The zero-order valence-electron chi connectivity index (χ0n) is 18.6. The van der Waals surface area contributed by atoms with E-state index in [0.29, 0.717) is 11.6 Å². The molecule has 0 bridgehead atoms. The third kappa shape index (κ3) is 6.02. The predicted octanol–water partition coefficient (Wildman–Crippen LogP) is 5.67. The summed E-state index contributed by atoms with van der Waals surface area (Å²) in [5.74, 6) is -1.03. The molecule has 3 rings (SSSR count). The average Bonchev–Trinajstić information content (AvgIpc) is 2.76. The van der Waals surface area contributed by atoms with Crippen molar-refractivity contribution in [3.8, 4) is 11.5 Å². The monoisotopic (exact) mass is 507 g/mol. The molecule has 0 amide bonds. The van der Waals surface area contributed by atoms with Crippen LogP contribution < -0.4 is 14.8 Å². The number of ether oxygens (including phenoxy) is 3. The largest absolute Gasteiger partial charge is 0.493 e. The Bertz CT molecular complexity index is 1200. The quantitative estimate of drug-likeness (QED) is 0.397. The number of aryl methyl sites for hydroxylation is 1. The van der Waals surface area contributed by atoms with Crippen molar-refractivity contribution in [2.75, 3.05) is 26.1 Å². The maximum Gasteiger partial charge on any atom is 0.419 e. The first-order valence-electron chi connectivity index (χ1n) is 10.0. The lowest BCUT2D eigenvalue weighted by Gasteiger charge is -2.20. The molecule has 1 aromatic heterocycles. The SMILES string of the molecule is COc1cc2nc(C)nc(NCc3cccc(C(F)(F)F)c3F)c2cc1OCC(OC)C(F)(F)F. The van der Waals surface area contributed by atoms with Crippen molar-refractivity contribution < 1.29 is 44.9 Å². The minimum absolute atomic E-state index is 0.0768. The Balaban J connectivity index is 1.95. The van der Waals surface area contributed by atoms with E-state index in [0.717, 1.165) is 13.2 Å². The highest BCUT2D eigenvalue weighted by Gasteiger charge is 2.40. The number of alkyl halides is 6. The van der Waals surface area contributed by atoms with Gasteiger partial charge in [-0.1, -0.05) is 12.1 Å². The van der Waals surface area contributed by atoms with Gasteiger partial charge in [0.05, 0.1) is 18.2 Å². The van der Waals surface area contributed by atoms with Gasteiger partial charge < -0.3 is 19.5 Å². The highest BCUT2D eigenvalue weighted by Crippen LogP contribution is 2.36. The van der Waals surface area contributed by atoms with Gasteiger partial charge in [0.15, 0.2) is 17.6 Å². The van der Waals surface area contributed by atoms with E-state index in [1.807, 2.05) is 0 Å². The number of fused-ring (bicyclic) bond motifs is 1. The van der Waals surface area contributed by atoms with E-state index in [4.69, 9.17) is 9.47 Å². The number of anilines is 1. The molecule has 6 nitrogen and oxygen atoms in total. The van der Waals surface area contributed by atoms with Gasteiger partial charge in [0.1, 0.15) is 24.1 Å². The summed E-state index contributed by atoms with van der Waals surface area (Å²) < 4.78 is 107. The van der Waals surface area contributed by atoms with Crippen molar-refractivity contribution in [1.82, 2.24) is 9.97 Å². The Morgan fingerprint density at radius 3 is 2.31 bits per heavy atom. The van der Waals surface area contributed by atoms with Crippen molar-refractivity contribution in [2.45, 2.75) is 31.9 Å². The van der Waals surface area contributed by atoms with Gasteiger partial charge in [0.25, 0.3) is 0 Å². The second kappa shape index (κ2) is 10.1. The number of benzene rings is 2. The maximum absolute atomic E-state index is 14.4. The van der Waals surface area contributed by atoms with Crippen LogP contribution in [0.3, 0.4) is 0 Å². The van der Waals surface area contributed by atoms with Gasteiger partial charge in [0.2, 0.25) is 0 Å². The van der Waals surface area contributed by atoms with E-state index in [9.17, 15) is 30.7 Å². The van der Waals surface area contributed by atoms with Crippen molar-refractivity contribution in [2.24, 2.45) is 0 Å². The molecular formula is C22H20F7N3O3. The Labute approximate surface area is 195 Å². The summed E-state index contributed by atoms with van der Waals surface area (Å²) in [4.78, 5) is 8.44. The van der Waals surface area contributed by atoms with Crippen molar-refractivity contribution in [3.05, 3.63) is 53.1 Å². The van der Waals surface area contributed by atoms with Gasteiger partial charge in [-0.25, -0.2) is 14.4 Å². The van der Waals surface area contributed by atoms with E-state index in [1.165, 1.54) is 25.3 Å². The van der Waals surface area contributed by atoms with Crippen LogP contribution in [-0.2, 0) is 17.5 Å². The van der Waals surface area contributed by atoms with Gasteiger partial charge in [-0.3, -0.25) is 0 Å². The molecule has 3 aromatic rings. The number of hydrogen-bond acceptors (Lipinski definition) is 6. The molecule has 0 aliphatic heterocycles. The Hall–Kier alpha value is -3.35. The molecule has 0 aliphatic rings. The number of nitrogens with one attached hydrogen (secondary N) is 1. The number of nitrogens with zero attached hydrogens (tertiary/aromatic N) is 2. The number of halogens is 7.